The van der Waals surface area contributed by atoms with Crippen molar-refractivity contribution in [1.82, 2.24) is 0 Å². The molecule has 0 aliphatic heterocycles. The molecule has 10 heavy (non-hydrogen) atoms. The first-order valence-electron chi connectivity index (χ1n) is 2.94. The number of hydrogen-bond donors (Lipinski definition) is 0. The molecular weight excluding hydrogens is 237 g/mol. The van der Waals surface area contributed by atoms with Gasteiger partial charge in [-0.25, -0.2) is 0 Å². The van der Waals surface area contributed by atoms with Crippen LogP contribution >= 0.6 is 0 Å². The molecule has 0 amide bonds. The SMILES string of the molecule is C=C[n+]1ccccc1C.[I-]. The Bertz CT molecular complexity index is 220. The van der Waals surface area contributed by atoms with Crippen LogP contribution in [0.2, 0.25) is 0 Å². The molecule has 0 bridgehead atoms. The second-order valence-corrected chi connectivity index (χ2v) is 1.93. The van der Waals surface area contributed by atoms with Crippen molar-refractivity contribution in [3.05, 3.63) is 36.7 Å². The van der Waals surface area contributed by atoms with Crippen LogP contribution in [0.4, 0.5) is 0 Å². The van der Waals surface area contributed by atoms with Crippen molar-refractivity contribution >= 4 is 6.20 Å². The largest absolute Gasteiger partial charge is 1.00 e. The van der Waals surface area contributed by atoms with Gasteiger partial charge in [0, 0.05) is 19.1 Å². The molecule has 1 rings (SSSR count). The predicted octanol–water partition coefficient (Wildman–Crippen LogP) is -1.61. The van der Waals surface area contributed by atoms with Crippen molar-refractivity contribution in [3.63, 3.8) is 0 Å². The monoisotopic (exact) mass is 247 g/mol. The van der Waals surface area contributed by atoms with Gasteiger partial charge in [0.2, 0.25) is 0 Å². The lowest BCUT2D eigenvalue weighted by Crippen LogP contribution is -3.00. The quantitative estimate of drug-likeness (QED) is 0.415. The molecule has 0 aliphatic rings. The summed E-state index contributed by atoms with van der Waals surface area (Å²) in [4.78, 5) is 0. The van der Waals surface area contributed by atoms with Crippen LogP contribution in [0.3, 0.4) is 0 Å². The van der Waals surface area contributed by atoms with Crippen molar-refractivity contribution < 1.29 is 28.5 Å². The molecule has 1 aromatic heterocycles. The van der Waals surface area contributed by atoms with Crippen LogP contribution in [0, 0.1) is 6.92 Å². The lowest BCUT2D eigenvalue weighted by Gasteiger charge is -1.88. The maximum Gasteiger partial charge on any atom is 0.183 e. The van der Waals surface area contributed by atoms with Gasteiger partial charge in [-0.3, -0.25) is 0 Å². The number of halogens is 1. The Morgan fingerprint density at radius 1 is 1.50 bits per heavy atom. The van der Waals surface area contributed by atoms with E-state index in [9.17, 15) is 0 Å². The standard InChI is InChI=1S/C8H10N.HI/c1-3-9-7-5-4-6-8(9)2;/h3-7H,1H2,2H3;1H/q+1;/p-1. The fourth-order valence-corrected chi connectivity index (χ4v) is 0.746. The number of rotatable bonds is 1. The van der Waals surface area contributed by atoms with Gasteiger partial charge in [-0.2, -0.15) is 4.57 Å². The molecule has 0 saturated carbocycles. The van der Waals surface area contributed by atoms with Crippen LogP contribution in [0.5, 0.6) is 0 Å². The summed E-state index contributed by atoms with van der Waals surface area (Å²) in [7, 11) is 0. The third-order valence-corrected chi connectivity index (χ3v) is 1.30. The van der Waals surface area contributed by atoms with Crippen LogP contribution < -0.4 is 28.5 Å². The zero-order valence-electron chi connectivity index (χ0n) is 5.92. The average molecular weight is 247 g/mol. The molecule has 0 atom stereocenters. The van der Waals surface area contributed by atoms with Gasteiger partial charge in [0.1, 0.15) is 0 Å². The van der Waals surface area contributed by atoms with Crippen molar-refractivity contribution in [2.75, 3.05) is 0 Å². The van der Waals surface area contributed by atoms with Crippen molar-refractivity contribution in [1.29, 1.82) is 0 Å². The summed E-state index contributed by atoms with van der Waals surface area (Å²) in [6, 6.07) is 6.03. The molecule has 0 aromatic carbocycles. The molecular formula is C8H10IN. The minimum Gasteiger partial charge on any atom is -1.00 e. The van der Waals surface area contributed by atoms with Crippen molar-refractivity contribution in [2.24, 2.45) is 0 Å². The maximum absolute atomic E-state index is 3.65. The van der Waals surface area contributed by atoms with Crippen LogP contribution in [-0.2, 0) is 0 Å². The molecule has 1 nitrogen and oxygen atoms in total. The lowest BCUT2D eigenvalue weighted by atomic mass is 10.4. The Morgan fingerprint density at radius 2 is 2.20 bits per heavy atom. The molecule has 0 aliphatic carbocycles. The van der Waals surface area contributed by atoms with Gasteiger partial charge in [0.05, 0.1) is 0 Å². The van der Waals surface area contributed by atoms with E-state index in [1.807, 2.05) is 35.9 Å². The Labute approximate surface area is 78.4 Å². The third kappa shape index (κ3) is 2.10. The van der Waals surface area contributed by atoms with Crippen LogP contribution in [0.1, 0.15) is 5.69 Å². The second kappa shape index (κ2) is 4.44. The van der Waals surface area contributed by atoms with Crippen molar-refractivity contribution in [2.45, 2.75) is 6.92 Å². The summed E-state index contributed by atoms with van der Waals surface area (Å²) in [5.74, 6) is 0. The highest BCUT2D eigenvalue weighted by atomic mass is 127. The summed E-state index contributed by atoms with van der Waals surface area (Å²) in [6.07, 6.45) is 3.76. The number of nitrogens with zero attached hydrogens (tertiary/aromatic N) is 1. The van der Waals surface area contributed by atoms with Gasteiger partial charge in [0.15, 0.2) is 18.1 Å². The molecule has 2 heteroatoms. The van der Waals surface area contributed by atoms with Crippen LogP contribution in [0.15, 0.2) is 31.0 Å². The van der Waals surface area contributed by atoms with E-state index in [4.69, 9.17) is 0 Å². The van der Waals surface area contributed by atoms with Gasteiger partial charge in [-0.05, 0) is 6.58 Å². The number of aryl methyl sites for hydroxylation is 1. The molecule has 1 heterocycles. The zero-order chi connectivity index (χ0) is 6.69. The number of pyridine rings is 1. The van der Waals surface area contributed by atoms with E-state index < -0.39 is 0 Å². The van der Waals surface area contributed by atoms with E-state index in [1.165, 1.54) is 5.69 Å². The van der Waals surface area contributed by atoms with Gasteiger partial charge in [0.25, 0.3) is 0 Å². The van der Waals surface area contributed by atoms with E-state index in [0.717, 1.165) is 0 Å². The lowest BCUT2D eigenvalue weighted by molar-refractivity contribution is -0.575. The summed E-state index contributed by atoms with van der Waals surface area (Å²) >= 11 is 0. The Kier molecular flexibility index (Phi) is 4.27. The topological polar surface area (TPSA) is 3.88 Å². The Morgan fingerprint density at radius 3 is 2.60 bits per heavy atom. The first-order valence-corrected chi connectivity index (χ1v) is 2.94. The fraction of sp³-hybridized carbons (Fsp3) is 0.125. The molecule has 1 aromatic rings. The molecule has 0 radical (unpaired) electrons. The zero-order valence-corrected chi connectivity index (χ0v) is 8.08. The molecule has 0 N–H and O–H groups in total. The number of hydrogen-bond acceptors (Lipinski definition) is 0. The van der Waals surface area contributed by atoms with Gasteiger partial charge >= 0.3 is 0 Å². The summed E-state index contributed by atoms with van der Waals surface area (Å²) < 4.78 is 1.97. The molecule has 0 fully saturated rings. The minimum absolute atomic E-state index is 0. The molecule has 0 spiro atoms. The summed E-state index contributed by atoms with van der Waals surface area (Å²) in [6.45, 7) is 5.70. The third-order valence-electron chi connectivity index (χ3n) is 1.30. The van der Waals surface area contributed by atoms with Gasteiger partial charge < -0.3 is 24.0 Å². The highest BCUT2D eigenvalue weighted by molar-refractivity contribution is 5.02. The molecule has 54 valence electrons. The fourth-order valence-electron chi connectivity index (χ4n) is 0.746. The Balaban J connectivity index is 0.000000810. The highest BCUT2D eigenvalue weighted by Crippen LogP contribution is 1.85. The first-order chi connectivity index (χ1) is 4.34. The van der Waals surface area contributed by atoms with Crippen LogP contribution in [0.25, 0.3) is 6.20 Å². The van der Waals surface area contributed by atoms with Crippen molar-refractivity contribution in [3.8, 4) is 0 Å². The smallest absolute Gasteiger partial charge is 0.183 e. The number of aromatic nitrogens is 1. The predicted molar refractivity (Wildman–Crippen MR) is 37.8 cm³/mol. The molecule has 0 unspecified atom stereocenters. The van der Waals surface area contributed by atoms with E-state index in [1.54, 1.807) is 6.20 Å². The van der Waals surface area contributed by atoms with Gasteiger partial charge in [-0.1, -0.05) is 6.07 Å². The van der Waals surface area contributed by atoms with E-state index in [0.29, 0.717) is 0 Å². The summed E-state index contributed by atoms with van der Waals surface area (Å²) in [5.41, 5.74) is 1.20. The summed E-state index contributed by atoms with van der Waals surface area (Å²) in [5, 5.41) is 0. The first kappa shape index (κ1) is 9.62. The van der Waals surface area contributed by atoms with E-state index >= 15 is 0 Å². The Hall–Kier alpha value is -0.380. The second-order valence-electron chi connectivity index (χ2n) is 1.93. The highest BCUT2D eigenvalue weighted by Gasteiger charge is 1.95. The normalized spacial score (nSPS) is 8.10. The van der Waals surface area contributed by atoms with Crippen LogP contribution in [-0.4, -0.2) is 0 Å². The van der Waals surface area contributed by atoms with E-state index in [2.05, 4.69) is 6.58 Å². The van der Waals surface area contributed by atoms with E-state index in [-0.39, 0.29) is 24.0 Å². The average Bonchev–Trinajstić information content (AvgIpc) is 1.89. The maximum atomic E-state index is 3.65. The van der Waals surface area contributed by atoms with Gasteiger partial charge in [-0.15, -0.1) is 0 Å². The minimum atomic E-state index is 0. The molecule has 0 saturated heterocycles.